The number of aryl methyl sites for hydroxylation is 1. The highest BCUT2D eigenvalue weighted by atomic mass is 15.3. The van der Waals surface area contributed by atoms with E-state index in [1.54, 1.807) is 0 Å². The van der Waals surface area contributed by atoms with Gasteiger partial charge in [-0.2, -0.15) is 0 Å². The number of hydrogen-bond acceptors (Lipinski definition) is 3. The number of rotatable bonds is 2. The zero-order valence-corrected chi connectivity index (χ0v) is 11.6. The van der Waals surface area contributed by atoms with E-state index in [4.69, 9.17) is 4.98 Å². The Morgan fingerprint density at radius 1 is 1.32 bits per heavy atom. The summed E-state index contributed by atoms with van der Waals surface area (Å²) >= 11 is 0. The van der Waals surface area contributed by atoms with E-state index in [0.717, 1.165) is 24.7 Å². The van der Waals surface area contributed by atoms with Gasteiger partial charge in [0.05, 0.1) is 19.8 Å². The minimum Gasteiger partial charge on any atom is -0.312 e. The lowest BCUT2D eigenvalue weighted by Gasteiger charge is -2.17. The van der Waals surface area contributed by atoms with Crippen molar-refractivity contribution in [3.63, 3.8) is 0 Å². The molecule has 1 aliphatic rings. The molecule has 0 amide bonds. The van der Waals surface area contributed by atoms with Gasteiger partial charge in [0.1, 0.15) is 0 Å². The Bertz CT molecular complexity index is 622. The van der Waals surface area contributed by atoms with Gasteiger partial charge in [0.15, 0.2) is 0 Å². The number of benzene rings is 1. The van der Waals surface area contributed by atoms with Crippen LogP contribution in [0.25, 0.3) is 0 Å². The summed E-state index contributed by atoms with van der Waals surface area (Å²) in [6, 6.07) is 10.7. The number of aromatic nitrogens is 2. The second-order valence-electron chi connectivity index (χ2n) is 4.92. The highest BCUT2D eigenvalue weighted by Crippen LogP contribution is 2.33. The van der Waals surface area contributed by atoms with Gasteiger partial charge >= 0.3 is 5.95 Å². The van der Waals surface area contributed by atoms with Crippen LogP contribution in [0, 0.1) is 6.92 Å². The zero-order valence-electron chi connectivity index (χ0n) is 11.6. The summed E-state index contributed by atoms with van der Waals surface area (Å²) in [4.78, 5) is 7.01. The highest BCUT2D eigenvalue weighted by molar-refractivity contribution is 5.67. The largest absolute Gasteiger partial charge is 0.393 e. The molecule has 0 saturated carbocycles. The predicted molar refractivity (Wildman–Crippen MR) is 76.8 cm³/mol. The average molecular weight is 255 g/mol. The van der Waals surface area contributed by atoms with Crippen LogP contribution < -0.4 is 14.8 Å². The Labute approximate surface area is 113 Å². The standard InChI is InChI=1S/C15H18N4/c1-11-10-14(17-15(16-2)18(11)3)19-9-8-12-6-4-5-7-13(12)19/h4-7,10H,8-9H2,1-3H3/p+1. The lowest BCUT2D eigenvalue weighted by atomic mass is 10.2. The number of nitrogens with one attached hydrogen (secondary N) is 1. The first-order valence-electron chi connectivity index (χ1n) is 6.61. The first-order valence-corrected chi connectivity index (χ1v) is 6.61. The lowest BCUT2D eigenvalue weighted by Crippen LogP contribution is -2.37. The molecular formula is C15H19N4+. The van der Waals surface area contributed by atoms with Gasteiger partial charge in [0.25, 0.3) is 0 Å². The SMILES string of the molecule is CNc1nc(N2CCc3ccccc32)cc(C)[n+]1C. The summed E-state index contributed by atoms with van der Waals surface area (Å²) < 4.78 is 2.06. The fourth-order valence-electron chi connectivity index (χ4n) is 2.60. The van der Waals surface area contributed by atoms with Crippen LogP contribution in [0.2, 0.25) is 0 Å². The van der Waals surface area contributed by atoms with E-state index >= 15 is 0 Å². The number of nitrogens with zero attached hydrogens (tertiary/aromatic N) is 3. The van der Waals surface area contributed by atoms with Crippen LogP contribution in [-0.2, 0) is 13.5 Å². The second-order valence-corrected chi connectivity index (χ2v) is 4.92. The molecule has 0 radical (unpaired) electrons. The Morgan fingerprint density at radius 3 is 2.89 bits per heavy atom. The molecule has 1 aliphatic heterocycles. The van der Waals surface area contributed by atoms with Crippen molar-refractivity contribution in [1.29, 1.82) is 0 Å². The van der Waals surface area contributed by atoms with Crippen molar-refractivity contribution in [3.8, 4) is 0 Å². The number of fused-ring (bicyclic) bond motifs is 1. The van der Waals surface area contributed by atoms with Crippen LogP contribution in [0.5, 0.6) is 0 Å². The molecule has 1 N–H and O–H groups in total. The van der Waals surface area contributed by atoms with Gasteiger partial charge in [-0.1, -0.05) is 23.2 Å². The lowest BCUT2D eigenvalue weighted by molar-refractivity contribution is -0.665. The van der Waals surface area contributed by atoms with Gasteiger partial charge in [-0.15, -0.1) is 0 Å². The molecule has 3 rings (SSSR count). The molecule has 98 valence electrons. The smallest absolute Gasteiger partial charge is 0.312 e. The van der Waals surface area contributed by atoms with Crippen molar-refractivity contribution in [2.75, 3.05) is 23.8 Å². The summed E-state index contributed by atoms with van der Waals surface area (Å²) in [5.74, 6) is 1.91. The van der Waals surface area contributed by atoms with Crippen molar-refractivity contribution >= 4 is 17.5 Å². The van der Waals surface area contributed by atoms with E-state index in [9.17, 15) is 0 Å². The first kappa shape index (κ1) is 12.0. The van der Waals surface area contributed by atoms with Crippen molar-refractivity contribution < 1.29 is 4.57 Å². The maximum atomic E-state index is 4.71. The molecule has 1 aromatic carbocycles. The van der Waals surface area contributed by atoms with Gasteiger partial charge in [0, 0.05) is 18.3 Å². The van der Waals surface area contributed by atoms with E-state index in [1.807, 2.05) is 14.1 Å². The van der Waals surface area contributed by atoms with Crippen LogP contribution in [0.15, 0.2) is 30.3 Å². The van der Waals surface area contributed by atoms with Crippen LogP contribution in [0.1, 0.15) is 11.3 Å². The average Bonchev–Trinajstić information content (AvgIpc) is 2.85. The van der Waals surface area contributed by atoms with Crippen LogP contribution >= 0.6 is 0 Å². The highest BCUT2D eigenvalue weighted by Gasteiger charge is 2.24. The Hall–Kier alpha value is -2.10. The molecule has 0 spiro atoms. The third-order valence-corrected chi connectivity index (χ3v) is 3.79. The number of hydrogen-bond donors (Lipinski definition) is 1. The maximum Gasteiger partial charge on any atom is 0.393 e. The molecule has 2 aromatic rings. The van der Waals surface area contributed by atoms with Crippen LogP contribution in [-0.4, -0.2) is 18.6 Å². The predicted octanol–water partition coefficient (Wildman–Crippen LogP) is 1.95. The molecule has 4 nitrogen and oxygen atoms in total. The summed E-state index contributed by atoms with van der Waals surface area (Å²) in [5.41, 5.74) is 3.88. The van der Waals surface area contributed by atoms with Crippen molar-refractivity contribution in [3.05, 3.63) is 41.6 Å². The summed E-state index contributed by atoms with van der Waals surface area (Å²) in [6.07, 6.45) is 1.09. The maximum absolute atomic E-state index is 4.71. The van der Waals surface area contributed by atoms with Crippen molar-refractivity contribution in [2.45, 2.75) is 13.3 Å². The molecule has 0 saturated heterocycles. The Morgan fingerprint density at radius 2 is 2.11 bits per heavy atom. The van der Waals surface area contributed by atoms with E-state index in [1.165, 1.54) is 16.9 Å². The molecule has 0 bridgehead atoms. The van der Waals surface area contributed by atoms with Gasteiger partial charge in [-0.05, 0) is 25.0 Å². The monoisotopic (exact) mass is 255 g/mol. The van der Waals surface area contributed by atoms with E-state index < -0.39 is 0 Å². The molecule has 0 unspecified atom stereocenters. The molecule has 0 aliphatic carbocycles. The van der Waals surface area contributed by atoms with E-state index in [0.29, 0.717) is 0 Å². The molecule has 4 heteroatoms. The molecule has 1 aromatic heterocycles. The first-order chi connectivity index (χ1) is 9.20. The molecule has 2 heterocycles. The van der Waals surface area contributed by atoms with E-state index in [2.05, 4.69) is 52.0 Å². The normalized spacial score (nSPS) is 13.5. The van der Waals surface area contributed by atoms with Crippen LogP contribution in [0.4, 0.5) is 17.5 Å². The number of anilines is 3. The third kappa shape index (κ3) is 1.93. The summed E-state index contributed by atoms with van der Waals surface area (Å²) in [7, 11) is 3.93. The fourth-order valence-corrected chi connectivity index (χ4v) is 2.60. The minimum atomic E-state index is 0.888. The third-order valence-electron chi connectivity index (χ3n) is 3.79. The Balaban J connectivity index is 2.07. The Kier molecular flexibility index (Phi) is 2.85. The quantitative estimate of drug-likeness (QED) is 0.832. The van der Waals surface area contributed by atoms with Crippen molar-refractivity contribution in [2.24, 2.45) is 7.05 Å². The minimum absolute atomic E-state index is 0.888. The zero-order chi connectivity index (χ0) is 13.4. The topological polar surface area (TPSA) is 32.0 Å². The molecule has 0 fully saturated rings. The molecule has 19 heavy (non-hydrogen) atoms. The second kappa shape index (κ2) is 4.53. The summed E-state index contributed by atoms with van der Waals surface area (Å²) in [6.45, 7) is 3.11. The fraction of sp³-hybridized carbons (Fsp3) is 0.333. The van der Waals surface area contributed by atoms with Crippen LogP contribution in [0.3, 0.4) is 0 Å². The molecular weight excluding hydrogens is 236 g/mol. The van der Waals surface area contributed by atoms with Gasteiger partial charge in [-0.25, -0.2) is 4.57 Å². The number of para-hydroxylation sites is 1. The summed E-state index contributed by atoms with van der Waals surface area (Å²) in [5, 5.41) is 3.15. The van der Waals surface area contributed by atoms with E-state index in [-0.39, 0.29) is 0 Å². The van der Waals surface area contributed by atoms with Gasteiger partial charge in [0.2, 0.25) is 5.82 Å². The molecule has 0 atom stereocenters. The van der Waals surface area contributed by atoms with Gasteiger partial charge < -0.3 is 4.90 Å². The van der Waals surface area contributed by atoms with Crippen molar-refractivity contribution in [1.82, 2.24) is 4.98 Å². The van der Waals surface area contributed by atoms with Gasteiger partial charge in [-0.3, -0.25) is 5.32 Å².